The third-order valence-electron chi connectivity index (χ3n) is 7.98. The van der Waals surface area contributed by atoms with Crippen molar-refractivity contribution in [1.29, 1.82) is 0 Å². The van der Waals surface area contributed by atoms with Gasteiger partial charge in [-0.15, -0.1) is 5.14 Å². The molecule has 0 saturated heterocycles. The van der Waals surface area contributed by atoms with Crippen molar-refractivity contribution in [1.82, 2.24) is 5.14 Å². The molecular formula is C36H59N2O6S2. The van der Waals surface area contributed by atoms with Crippen molar-refractivity contribution in [2.24, 2.45) is 5.41 Å². The lowest BCUT2D eigenvalue weighted by atomic mass is 9.72. The van der Waals surface area contributed by atoms with E-state index in [0.717, 1.165) is 69.4 Å². The van der Waals surface area contributed by atoms with Gasteiger partial charge in [0.25, 0.3) is 20.0 Å². The highest BCUT2D eigenvalue weighted by molar-refractivity contribution is 7.92. The van der Waals surface area contributed by atoms with Crippen LogP contribution in [0.25, 0.3) is 0 Å². The fourth-order valence-electron chi connectivity index (χ4n) is 5.93. The molecule has 0 aliphatic rings. The zero-order valence-electron chi connectivity index (χ0n) is 29.3. The van der Waals surface area contributed by atoms with Gasteiger partial charge in [0.1, 0.15) is 21.3 Å². The first-order valence-corrected chi connectivity index (χ1v) is 20.0. The van der Waals surface area contributed by atoms with Crippen LogP contribution in [0.1, 0.15) is 138 Å². The van der Waals surface area contributed by atoms with Gasteiger partial charge in [-0.25, -0.2) is 16.8 Å². The first-order chi connectivity index (χ1) is 21.5. The summed E-state index contributed by atoms with van der Waals surface area (Å²) in [4.78, 5) is -0.380. The van der Waals surface area contributed by atoms with Crippen molar-refractivity contribution in [2.45, 2.75) is 147 Å². The quantitative estimate of drug-likeness (QED) is 0.124. The topological polar surface area (TPSA) is 123 Å². The van der Waals surface area contributed by atoms with E-state index in [4.69, 9.17) is 14.6 Å². The van der Waals surface area contributed by atoms with Crippen molar-refractivity contribution < 1.29 is 26.3 Å². The van der Waals surface area contributed by atoms with E-state index >= 15 is 0 Å². The maximum Gasteiger partial charge on any atom is 0.265 e. The van der Waals surface area contributed by atoms with Crippen LogP contribution >= 0.6 is 0 Å². The molecule has 0 unspecified atom stereocenters. The summed E-state index contributed by atoms with van der Waals surface area (Å²) in [5.41, 5.74) is 0.591. The van der Waals surface area contributed by atoms with E-state index < -0.39 is 20.0 Å². The van der Waals surface area contributed by atoms with Crippen LogP contribution in [0.3, 0.4) is 0 Å². The predicted octanol–water partition coefficient (Wildman–Crippen LogP) is 9.65. The highest BCUT2D eigenvalue weighted by atomic mass is 32.2. The van der Waals surface area contributed by atoms with E-state index in [-0.39, 0.29) is 37.8 Å². The minimum atomic E-state index is -4.44. The Morgan fingerprint density at radius 2 is 1.13 bits per heavy atom. The van der Waals surface area contributed by atoms with Gasteiger partial charge >= 0.3 is 0 Å². The third kappa shape index (κ3) is 13.8. The number of hydrogen-bond donors (Lipinski definition) is 1. The molecule has 8 nitrogen and oxygen atoms in total. The molecule has 2 rings (SSSR count). The summed E-state index contributed by atoms with van der Waals surface area (Å²) in [5, 5.41) is 7.74. The molecule has 1 radical (unpaired) electrons. The Morgan fingerprint density at radius 3 is 1.63 bits per heavy atom. The van der Waals surface area contributed by atoms with Crippen molar-refractivity contribution in [3.8, 4) is 11.5 Å². The van der Waals surface area contributed by atoms with E-state index in [1.165, 1.54) is 37.8 Å². The second kappa shape index (κ2) is 18.3. The number of benzene rings is 2. The summed E-state index contributed by atoms with van der Waals surface area (Å²) in [6, 6.07) is 9.36. The summed E-state index contributed by atoms with van der Waals surface area (Å²) in [6.45, 7) is 15.7. The molecule has 10 heteroatoms. The van der Waals surface area contributed by atoms with Gasteiger partial charge < -0.3 is 9.47 Å². The van der Waals surface area contributed by atoms with Gasteiger partial charge in [-0.3, -0.25) is 4.72 Å². The second-order valence-corrected chi connectivity index (χ2v) is 17.4. The molecule has 2 N–H and O–H groups in total. The smallest absolute Gasteiger partial charge is 0.265 e. The van der Waals surface area contributed by atoms with E-state index in [2.05, 4.69) is 53.2 Å². The fraction of sp³-hybridized carbons (Fsp3) is 0.667. The number of hydrogen-bond acceptors (Lipinski definition) is 6. The zero-order valence-corrected chi connectivity index (χ0v) is 31.0. The lowest BCUT2D eigenvalue weighted by molar-refractivity contribution is 0.281. The van der Waals surface area contributed by atoms with Gasteiger partial charge in [-0.2, -0.15) is 0 Å². The highest BCUT2D eigenvalue weighted by Gasteiger charge is 2.30. The third-order valence-corrected chi connectivity index (χ3v) is 10.3. The molecule has 0 aromatic heterocycles. The van der Waals surface area contributed by atoms with Crippen LogP contribution in [0.4, 0.5) is 5.69 Å². The Kier molecular flexibility index (Phi) is 15.9. The summed E-state index contributed by atoms with van der Waals surface area (Å²) >= 11 is 0. The molecule has 2 aromatic carbocycles. The maximum atomic E-state index is 13.9. The average molecular weight is 680 g/mol. The van der Waals surface area contributed by atoms with Gasteiger partial charge in [0.15, 0.2) is 0 Å². The zero-order chi connectivity index (χ0) is 34.4. The number of ether oxygens (including phenoxy) is 2. The average Bonchev–Trinajstić information content (AvgIpc) is 2.95. The van der Waals surface area contributed by atoms with Crippen molar-refractivity contribution in [3.63, 3.8) is 0 Å². The Hall–Kier alpha value is -2.30. The second-order valence-electron chi connectivity index (χ2n) is 14.3. The Bertz CT molecular complexity index is 1430. The number of anilines is 1. The van der Waals surface area contributed by atoms with Gasteiger partial charge in [0, 0.05) is 0 Å². The Morgan fingerprint density at radius 1 is 0.652 bits per heavy atom. The largest absolute Gasteiger partial charge is 0.492 e. The van der Waals surface area contributed by atoms with Crippen LogP contribution in [0.2, 0.25) is 0 Å². The predicted molar refractivity (Wildman–Crippen MR) is 189 cm³/mol. The highest BCUT2D eigenvalue weighted by Crippen LogP contribution is 2.39. The van der Waals surface area contributed by atoms with Gasteiger partial charge in [0.05, 0.1) is 18.9 Å². The van der Waals surface area contributed by atoms with Gasteiger partial charge in [0.2, 0.25) is 0 Å². The van der Waals surface area contributed by atoms with E-state index in [0.29, 0.717) is 13.2 Å². The molecule has 0 saturated carbocycles. The molecule has 0 heterocycles. The number of nitrogens with one attached hydrogen (secondary N) is 2. The normalized spacial score (nSPS) is 12.7. The van der Waals surface area contributed by atoms with Crippen LogP contribution in [-0.4, -0.2) is 30.0 Å². The van der Waals surface area contributed by atoms with E-state index in [1.807, 2.05) is 6.07 Å². The summed E-state index contributed by atoms with van der Waals surface area (Å²) < 4.78 is 67.0. The van der Waals surface area contributed by atoms with E-state index in [1.54, 1.807) is 12.1 Å². The standard InChI is InChI=1S/C36H59N2O6S2/c1-8-10-12-14-16-18-24-43-31-23-21-30(27-33(31)45(37,39)40)38-46(41,42)34-26-29(36(6,7)28-35(3,4)5)20-22-32(34)44-25-19-17-15-13-11-9-2/h20-23,26-27,37-38H,8-19,24-25,28H2,1-7H3. The molecular weight excluding hydrogens is 621 g/mol. The van der Waals surface area contributed by atoms with Crippen LogP contribution in [0.15, 0.2) is 46.2 Å². The SMILES string of the molecule is CCCCCCCCOc1ccc(NS(=O)(=O)c2cc(C(C)(C)CC(C)(C)C)ccc2OCCCCCCCC)cc1S([NH])(=O)=O. The Labute approximate surface area is 280 Å². The van der Waals surface area contributed by atoms with E-state index in [9.17, 15) is 16.8 Å². The summed E-state index contributed by atoms with van der Waals surface area (Å²) in [6.07, 6.45) is 13.6. The van der Waals surface area contributed by atoms with Gasteiger partial charge in [-0.05, 0) is 66.0 Å². The molecule has 0 spiro atoms. The molecule has 0 aliphatic heterocycles. The first kappa shape index (κ1) is 39.9. The lowest BCUT2D eigenvalue weighted by Gasteiger charge is -2.33. The van der Waals surface area contributed by atoms with Crippen molar-refractivity contribution in [3.05, 3.63) is 42.0 Å². The molecule has 46 heavy (non-hydrogen) atoms. The monoisotopic (exact) mass is 679 g/mol. The first-order valence-electron chi connectivity index (χ1n) is 17.1. The molecule has 0 amide bonds. The van der Waals surface area contributed by atoms with Crippen molar-refractivity contribution >= 4 is 25.7 Å². The van der Waals surface area contributed by atoms with Crippen molar-refractivity contribution in [2.75, 3.05) is 17.9 Å². The molecule has 0 atom stereocenters. The maximum absolute atomic E-state index is 13.9. The van der Waals surface area contributed by atoms with Gasteiger partial charge in [-0.1, -0.05) is 119 Å². The van der Waals surface area contributed by atoms with Crippen LogP contribution in [0, 0.1) is 5.41 Å². The van der Waals surface area contributed by atoms with Crippen LogP contribution in [0.5, 0.6) is 11.5 Å². The molecule has 0 aliphatic carbocycles. The number of unbranched alkanes of at least 4 members (excludes halogenated alkanes) is 10. The molecule has 0 fully saturated rings. The van der Waals surface area contributed by atoms with Crippen LogP contribution < -0.4 is 19.3 Å². The molecule has 0 bridgehead atoms. The molecule has 2 aromatic rings. The summed E-state index contributed by atoms with van der Waals surface area (Å²) in [5.74, 6) is 0.295. The minimum Gasteiger partial charge on any atom is -0.492 e. The number of rotatable bonds is 22. The van der Waals surface area contributed by atoms with Crippen LogP contribution in [-0.2, 0) is 25.5 Å². The lowest BCUT2D eigenvalue weighted by Crippen LogP contribution is -2.25. The minimum absolute atomic E-state index is 0.00310. The number of sulfonamides is 2. The Balaban J connectivity index is 2.35. The summed E-state index contributed by atoms with van der Waals surface area (Å²) in [7, 11) is -8.64. The fourth-order valence-corrected chi connectivity index (χ4v) is 7.82. The molecule has 261 valence electrons.